The summed E-state index contributed by atoms with van der Waals surface area (Å²) in [7, 11) is 0. The van der Waals surface area contributed by atoms with Gasteiger partial charge in [0.15, 0.2) is 0 Å². The van der Waals surface area contributed by atoms with Crippen LogP contribution in [0.25, 0.3) is 11.0 Å². The summed E-state index contributed by atoms with van der Waals surface area (Å²) in [5.74, 6) is -1.05. The Bertz CT molecular complexity index is 886. The smallest absolute Gasteiger partial charge is 0.449 e. The molecule has 0 unspecified atom stereocenters. The van der Waals surface area contributed by atoms with Crippen LogP contribution >= 0.6 is 0 Å². The van der Waals surface area contributed by atoms with Gasteiger partial charge < -0.3 is 20.2 Å². The van der Waals surface area contributed by atoms with E-state index in [9.17, 15) is 18.0 Å². The van der Waals surface area contributed by atoms with E-state index < -0.39 is 12.3 Å². The van der Waals surface area contributed by atoms with Gasteiger partial charge in [0.25, 0.3) is 5.91 Å². The summed E-state index contributed by atoms with van der Waals surface area (Å²) in [6.45, 7) is 0. The molecule has 0 saturated carbocycles. The van der Waals surface area contributed by atoms with Crippen molar-refractivity contribution in [2.75, 3.05) is 11.1 Å². The van der Waals surface area contributed by atoms with E-state index in [4.69, 9.17) is 10.2 Å². The Morgan fingerprint density at radius 2 is 1.75 bits per heavy atom. The van der Waals surface area contributed by atoms with Crippen molar-refractivity contribution in [2.24, 2.45) is 0 Å². The molecule has 0 aliphatic carbocycles. The number of benzene rings is 2. The number of nitrogens with one attached hydrogen (secondary N) is 1. The number of alkyl halides is 3. The Morgan fingerprint density at radius 3 is 2.38 bits per heavy atom. The topological polar surface area (TPSA) is 77.5 Å². The number of hydrogen-bond donors (Lipinski definition) is 2. The zero-order valence-corrected chi connectivity index (χ0v) is 12.1. The Hall–Kier alpha value is -3.16. The molecule has 0 saturated heterocycles. The van der Waals surface area contributed by atoms with Crippen LogP contribution in [0.2, 0.25) is 0 Å². The number of amides is 1. The third kappa shape index (κ3) is 3.27. The summed E-state index contributed by atoms with van der Waals surface area (Å²) < 4.78 is 45.5. The molecule has 0 bridgehead atoms. The Balaban J connectivity index is 1.77. The lowest BCUT2D eigenvalue weighted by molar-refractivity contribution is -0.274. The summed E-state index contributed by atoms with van der Waals surface area (Å²) in [6.07, 6.45) is -4.77. The normalized spacial score (nSPS) is 11.5. The maximum Gasteiger partial charge on any atom is 0.573 e. The summed E-state index contributed by atoms with van der Waals surface area (Å²) in [5, 5.41) is 3.11. The van der Waals surface area contributed by atoms with E-state index in [1.165, 1.54) is 12.1 Å². The molecule has 8 heteroatoms. The van der Waals surface area contributed by atoms with Gasteiger partial charge in [0.2, 0.25) is 5.76 Å². The van der Waals surface area contributed by atoms with Crippen molar-refractivity contribution in [3.05, 3.63) is 54.3 Å². The summed E-state index contributed by atoms with van der Waals surface area (Å²) in [6, 6.07) is 11.6. The van der Waals surface area contributed by atoms with Crippen molar-refractivity contribution < 1.29 is 27.1 Å². The SMILES string of the molecule is Nc1c(C(=O)Nc2ccc(OC(F)(F)F)cc2)oc2ccccc12. The van der Waals surface area contributed by atoms with Gasteiger partial charge in [-0.1, -0.05) is 12.1 Å². The lowest BCUT2D eigenvalue weighted by atomic mass is 10.2. The second kappa shape index (κ2) is 5.80. The Morgan fingerprint density at radius 1 is 1.08 bits per heavy atom. The lowest BCUT2D eigenvalue weighted by Crippen LogP contribution is -2.17. The Kier molecular flexibility index (Phi) is 3.80. The first-order valence-electron chi connectivity index (χ1n) is 6.77. The highest BCUT2D eigenvalue weighted by atomic mass is 19.4. The van der Waals surface area contributed by atoms with Gasteiger partial charge in [0.1, 0.15) is 11.3 Å². The summed E-state index contributed by atoms with van der Waals surface area (Å²) >= 11 is 0. The zero-order valence-electron chi connectivity index (χ0n) is 12.1. The second-order valence-electron chi connectivity index (χ2n) is 4.87. The molecule has 3 rings (SSSR count). The average molecular weight is 336 g/mol. The van der Waals surface area contributed by atoms with Gasteiger partial charge in [-0.3, -0.25) is 4.79 Å². The van der Waals surface area contributed by atoms with Crippen molar-refractivity contribution in [1.29, 1.82) is 0 Å². The highest BCUT2D eigenvalue weighted by molar-refractivity contribution is 6.10. The third-order valence-corrected chi connectivity index (χ3v) is 3.19. The number of rotatable bonds is 3. The fraction of sp³-hybridized carbons (Fsp3) is 0.0625. The first-order valence-corrected chi connectivity index (χ1v) is 6.77. The minimum Gasteiger partial charge on any atom is -0.449 e. The molecule has 1 aromatic heterocycles. The molecule has 0 fully saturated rings. The molecule has 24 heavy (non-hydrogen) atoms. The molecule has 3 N–H and O–H groups in total. The molecule has 0 atom stereocenters. The number of hydrogen-bond acceptors (Lipinski definition) is 4. The molecular formula is C16H11F3N2O3. The van der Waals surface area contributed by atoms with E-state index in [0.29, 0.717) is 11.0 Å². The van der Waals surface area contributed by atoms with Crippen LogP contribution in [0.5, 0.6) is 5.75 Å². The highest BCUT2D eigenvalue weighted by Crippen LogP contribution is 2.29. The van der Waals surface area contributed by atoms with E-state index in [2.05, 4.69) is 10.1 Å². The lowest BCUT2D eigenvalue weighted by Gasteiger charge is -2.09. The quantitative estimate of drug-likeness (QED) is 0.753. The fourth-order valence-corrected chi connectivity index (χ4v) is 2.16. The number of nitrogen functional groups attached to an aromatic ring is 1. The van der Waals surface area contributed by atoms with Gasteiger partial charge in [0, 0.05) is 11.1 Å². The Labute approximate surface area is 133 Å². The first-order chi connectivity index (χ1) is 11.3. The van der Waals surface area contributed by atoms with Crippen molar-refractivity contribution in [3.8, 4) is 5.75 Å². The number of furan rings is 1. The number of carbonyl (C=O) groups excluding carboxylic acids is 1. The largest absolute Gasteiger partial charge is 0.573 e. The van der Waals surface area contributed by atoms with Crippen LogP contribution in [0.15, 0.2) is 52.9 Å². The van der Waals surface area contributed by atoms with Gasteiger partial charge in [-0.05, 0) is 36.4 Å². The number of para-hydroxylation sites is 1. The highest BCUT2D eigenvalue weighted by Gasteiger charge is 2.31. The molecule has 1 heterocycles. The predicted octanol–water partition coefficient (Wildman–Crippen LogP) is 4.17. The second-order valence-corrected chi connectivity index (χ2v) is 4.87. The van der Waals surface area contributed by atoms with E-state index in [1.807, 2.05) is 0 Å². The van der Waals surface area contributed by atoms with Crippen LogP contribution in [-0.2, 0) is 0 Å². The molecule has 1 amide bonds. The minimum absolute atomic E-state index is 0.0631. The maximum absolute atomic E-state index is 12.2. The van der Waals surface area contributed by atoms with Crippen LogP contribution in [0.1, 0.15) is 10.6 Å². The standard InChI is InChI=1S/C16H11F3N2O3/c17-16(18,19)24-10-7-5-9(6-8-10)21-15(22)14-13(20)11-3-1-2-4-12(11)23-14/h1-8H,20H2,(H,21,22). The molecule has 124 valence electrons. The molecule has 0 aliphatic heterocycles. The zero-order chi connectivity index (χ0) is 17.3. The molecule has 0 aliphatic rings. The van der Waals surface area contributed by atoms with Gasteiger partial charge in [-0.15, -0.1) is 13.2 Å². The summed E-state index contributed by atoms with van der Waals surface area (Å²) in [5.41, 5.74) is 6.82. The first kappa shape index (κ1) is 15.7. The number of fused-ring (bicyclic) bond motifs is 1. The number of ether oxygens (including phenoxy) is 1. The van der Waals surface area contributed by atoms with Crippen LogP contribution in [0.4, 0.5) is 24.5 Å². The number of anilines is 2. The number of halogens is 3. The van der Waals surface area contributed by atoms with Gasteiger partial charge in [0.05, 0.1) is 5.69 Å². The predicted molar refractivity (Wildman–Crippen MR) is 81.7 cm³/mol. The fourth-order valence-electron chi connectivity index (χ4n) is 2.16. The van der Waals surface area contributed by atoms with Gasteiger partial charge >= 0.3 is 6.36 Å². The summed E-state index contributed by atoms with van der Waals surface area (Å²) in [4.78, 5) is 12.2. The minimum atomic E-state index is -4.77. The van der Waals surface area contributed by atoms with Crippen LogP contribution in [0, 0.1) is 0 Å². The van der Waals surface area contributed by atoms with Crippen LogP contribution in [-0.4, -0.2) is 12.3 Å². The molecular weight excluding hydrogens is 325 g/mol. The van der Waals surface area contributed by atoms with Crippen molar-refractivity contribution in [1.82, 2.24) is 0 Å². The molecule has 3 aromatic rings. The molecule has 0 spiro atoms. The monoisotopic (exact) mass is 336 g/mol. The maximum atomic E-state index is 12.2. The van der Waals surface area contributed by atoms with Gasteiger partial charge in [-0.25, -0.2) is 0 Å². The molecule has 5 nitrogen and oxygen atoms in total. The van der Waals surface area contributed by atoms with Crippen molar-refractivity contribution in [2.45, 2.75) is 6.36 Å². The van der Waals surface area contributed by atoms with Crippen molar-refractivity contribution in [3.63, 3.8) is 0 Å². The van der Waals surface area contributed by atoms with Crippen LogP contribution in [0.3, 0.4) is 0 Å². The average Bonchev–Trinajstić information content (AvgIpc) is 2.85. The van der Waals surface area contributed by atoms with E-state index in [-0.39, 0.29) is 22.9 Å². The van der Waals surface area contributed by atoms with E-state index in [1.54, 1.807) is 24.3 Å². The van der Waals surface area contributed by atoms with Crippen LogP contribution < -0.4 is 15.8 Å². The van der Waals surface area contributed by atoms with Gasteiger partial charge in [-0.2, -0.15) is 0 Å². The molecule has 2 aromatic carbocycles. The van der Waals surface area contributed by atoms with Crippen molar-refractivity contribution >= 4 is 28.3 Å². The van der Waals surface area contributed by atoms with E-state index >= 15 is 0 Å². The van der Waals surface area contributed by atoms with E-state index in [0.717, 1.165) is 12.1 Å². The number of carbonyl (C=O) groups is 1. The number of nitrogens with two attached hydrogens (primary N) is 1. The molecule has 0 radical (unpaired) electrons. The third-order valence-electron chi connectivity index (χ3n) is 3.19.